The molecular formula is C20H28BrNO. The molecule has 1 saturated carbocycles. The van der Waals surface area contributed by atoms with E-state index in [1.54, 1.807) is 0 Å². The molecule has 2 nitrogen and oxygen atoms in total. The molecule has 1 aromatic rings. The maximum Gasteiger partial charge on any atom is 0.230 e. The van der Waals surface area contributed by atoms with Crippen molar-refractivity contribution in [3.05, 3.63) is 29.3 Å². The van der Waals surface area contributed by atoms with Crippen LogP contribution in [0.25, 0.3) is 0 Å². The third kappa shape index (κ3) is 3.65. The van der Waals surface area contributed by atoms with E-state index >= 15 is 0 Å². The van der Waals surface area contributed by atoms with E-state index in [0.717, 1.165) is 32.1 Å². The third-order valence-corrected chi connectivity index (χ3v) is 6.42. The molecule has 1 aromatic carbocycles. The number of nitrogens with zero attached hydrogens (tertiary/aromatic N) is 1. The quantitative estimate of drug-likeness (QED) is 0.655. The number of carbonyl (C=O) groups is 1. The molecule has 126 valence electrons. The number of benzene rings is 1. The number of anilines is 1. The Labute approximate surface area is 148 Å². The number of carbonyl (C=O) groups excluding carboxylic acids is 1. The van der Waals surface area contributed by atoms with E-state index in [2.05, 4.69) is 52.9 Å². The van der Waals surface area contributed by atoms with E-state index in [-0.39, 0.29) is 5.92 Å². The molecule has 0 N–H and O–H groups in total. The minimum atomic E-state index is 0.254. The van der Waals surface area contributed by atoms with Gasteiger partial charge >= 0.3 is 0 Å². The summed E-state index contributed by atoms with van der Waals surface area (Å²) in [6.45, 7) is 4.40. The third-order valence-electron chi connectivity index (χ3n) is 5.45. The topological polar surface area (TPSA) is 20.3 Å². The fourth-order valence-electron chi connectivity index (χ4n) is 4.09. The number of alkyl halides is 1. The molecule has 0 bridgehead atoms. The largest absolute Gasteiger partial charge is 0.309 e. The summed E-state index contributed by atoms with van der Waals surface area (Å²) < 4.78 is 0. The fraction of sp³-hybridized carbons (Fsp3) is 0.650. The number of rotatable bonds is 4. The molecular weight excluding hydrogens is 350 g/mol. The van der Waals surface area contributed by atoms with Crippen LogP contribution in [-0.4, -0.2) is 16.8 Å². The van der Waals surface area contributed by atoms with Gasteiger partial charge in [-0.3, -0.25) is 4.79 Å². The summed E-state index contributed by atoms with van der Waals surface area (Å²) in [6, 6.07) is 7.02. The monoisotopic (exact) mass is 377 g/mol. The lowest BCUT2D eigenvalue weighted by Crippen LogP contribution is -2.40. The summed E-state index contributed by atoms with van der Waals surface area (Å²) >= 11 is 3.73. The highest BCUT2D eigenvalue weighted by molar-refractivity contribution is 9.09. The molecule has 1 aliphatic heterocycles. The highest BCUT2D eigenvalue weighted by atomic mass is 79.9. The predicted octanol–water partition coefficient (Wildman–Crippen LogP) is 5.26. The minimum Gasteiger partial charge on any atom is -0.309 e. The van der Waals surface area contributed by atoms with Crippen molar-refractivity contribution >= 4 is 27.5 Å². The minimum absolute atomic E-state index is 0.254. The number of amides is 1. The molecule has 3 heteroatoms. The zero-order chi connectivity index (χ0) is 16.4. The van der Waals surface area contributed by atoms with Crippen molar-refractivity contribution in [1.82, 2.24) is 0 Å². The van der Waals surface area contributed by atoms with Gasteiger partial charge in [-0.05, 0) is 56.2 Å². The van der Waals surface area contributed by atoms with Gasteiger partial charge in [-0.25, -0.2) is 0 Å². The molecule has 0 radical (unpaired) electrons. The Hall–Kier alpha value is -0.830. The Morgan fingerprint density at radius 2 is 2.04 bits per heavy atom. The van der Waals surface area contributed by atoms with Gasteiger partial charge in [-0.2, -0.15) is 0 Å². The number of fused-ring (bicyclic) bond motifs is 1. The molecule has 0 spiro atoms. The lowest BCUT2D eigenvalue weighted by atomic mass is 9.88. The van der Waals surface area contributed by atoms with Crippen LogP contribution in [0.1, 0.15) is 63.5 Å². The van der Waals surface area contributed by atoms with E-state index in [1.807, 2.05) is 0 Å². The molecule has 1 fully saturated rings. The Morgan fingerprint density at radius 1 is 1.30 bits per heavy atom. The highest BCUT2D eigenvalue weighted by Gasteiger charge is 2.35. The second-order valence-corrected chi connectivity index (χ2v) is 8.56. The van der Waals surface area contributed by atoms with Gasteiger partial charge in [-0.1, -0.05) is 54.2 Å². The van der Waals surface area contributed by atoms with Crippen LogP contribution in [0.3, 0.4) is 0 Å². The van der Waals surface area contributed by atoms with Crippen LogP contribution in [0.2, 0.25) is 0 Å². The highest BCUT2D eigenvalue weighted by Crippen LogP contribution is 2.36. The summed E-state index contributed by atoms with van der Waals surface area (Å²) in [7, 11) is 0. The van der Waals surface area contributed by atoms with Crippen LogP contribution in [-0.2, 0) is 17.6 Å². The van der Waals surface area contributed by atoms with E-state index in [9.17, 15) is 4.79 Å². The SMILES string of the molecule is CCC(Br)Cc1ccc2c(c1)CC(C)N2C(=O)C1CCCCC1. The molecule has 1 amide bonds. The molecule has 0 aromatic heterocycles. The van der Waals surface area contributed by atoms with Gasteiger partial charge in [0, 0.05) is 22.5 Å². The first kappa shape index (κ1) is 17.0. The van der Waals surface area contributed by atoms with Crippen molar-refractivity contribution in [2.75, 3.05) is 4.90 Å². The first-order valence-electron chi connectivity index (χ1n) is 9.19. The lowest BCUT2D eigenvalue weighted by Gasteiger charge is -2.29. The van der Waals surface area contributed by atoms with E-state index in [0.29, 0.717) is 16.8 Å². The molecule has 2 atom stereocenters. The predicted molar refractivity (Wildman–Crippen MR) is 100 cm³/mol. The first-order valence-corrected chi connectivity index (χ1v) is 10.1. The maximum atomic E-state index is 13.0. The van der Waals surface area contributed by atoms with Crippen molar-refractivity contribution in [2.45, 2.75) is 76.1 Å². The first-order chi connectivity index (χ1) is 11.1. The average Bonchev–Trinajstić information content (AvgIpc) is 2.89. The van der Waals surface area contributed by atoms with Crippen LogP contribution in [0.15, 0.2) is 18.2 Å². The van der Waals surface area contributed by atoms with Gasteiger partial charge in [0.1, 0.15) is 0 Å². The second-order valence-electron chi connectivity index (χ2n) is 7.27. The Balaban J connectivity index is 1.79. The van der Waals surface area contributed by atoms with Crippen LogP contribution >= 0.6 is 15.9 Å². The summed E-state index contributed by atoms with van der Waals surface area (Å²) in [5, 5.41) is 0. The smallest absolute Gasteiger partial charge is 0.230 e. The van der Waals surface area contributed by atoms with Gasteiger partial charge in [0.15, 0.2) is 0 Å². The van der Waals surface area contributed by atoms with E-state index in [4.69, 9.17) is 0 Å². The zero-order valence-electron chi connectivity index (χ0n) is 14.4. The molecule has 2 aliphatic rings. The van der Waals surface area contributed by atoms with Gasteiger partial charge in [0.2, 0.25) is 5.91 Å². The number of hydrogen-bond acceptors (Lipinski definition) is 1. The molecule has 3 rings (SSSR count). The van der Waals surface area contributed by atoms with Crippen LogP contribution in [0.5, 0.6) is 0 Å². The Kier molecular flexibility index (Phi) is 5.45. The number of halogens is 1. The molecule has 23 heavy (non-hydrogen) atoms. The van der Waals surface area contributed by atoms with E-state index in [1.165, 1.54) is 36.1 Å². The Morgan fingerprint density at radius 3 is 2.74 bits per heavy atom. The van der Waals surface area contributed by atoms with Gasteiger partial charge in [0.25, 0.3) is 0 Å². The zero-order valence-corrected chi connectivity index (χ0v) is 15.9. The summed E-state index contributed by atoms with van der Waals surface area (Å²) in [5.41, 5.74) is 3.90. The normalized spacial score (nSPS) is 22.9. The lowest BCUT2D eigenvalue weighted by molar-refractivity contribution is -0.123. The van der Waals surface area contributed by atoms with Crippen molar-refractivity contribution in [3.8, 4) is 0 Å². The van der Waals surface area contributed by atoms with Crippen LogP contribution < -0.4 is 4.90 Å². The fourth-order valence-corrected chi connectivity index (χ4v) is 4.47. The van der Waals surface area contributed by atoms with Crippen molar-refractivity contribution < 1.29 is 4.79 Å². The standard InChI is InChI=1S/C20H28BrNO/c1-3-18(21)13-15-9-10-19-17(12-15)11-14(2)22(19)20(23)16-7-5-4-6-8-16/h9-10,12,14,16,18H,3-8,11,13H2,1-2H3. The molecule has 1 aliphatic carbocycles. The van der Waals surface area contributed by atoms with Crippen molar-refractivity contribution in [3.63, 3.8) is 0 Å². The van der Waals surface area contributed by atoms with Gasteiger partial charge < -0.3 is 4.90 Å². The average molecular weight is 378 g/mol. The van der Waals surface area contributed by atoms with Gasteiger partial charge in [-0.15, -0.1) is 0 Å². The molecule has 1 heterocycles. The molecule has 0 saturated heterocycles. The Bertz CT molecular complexity index is 565. The number of hydrogen-bond donors (Lipinski definition) is 0. The van der Waals surface area contributed by atoms with Crippen molar-refractivity contribution in [2.24, 2.45) is 5.92 Å². The van der Waals surface area contributed by atoms with Gasteiger partial charge in [0.05, 0.1) is 0 Å². The summed E-state index contributed by atoms with van der Waals surface area (Å²) in [6.07, 6.45) is 9.09. The van der Waals surface area contributed by atoms with Crippen LogP contribution in [0.4, 0.5) is 5.69 Å². The second kappa shape index (κ2) is 7.38. The van der Waals surface area contributed by atoms with Crippen LogP contribution in [0, 0.1) is 5.92 Å². The van der Waals surface area contributed by atoms with Crippen molar-refractivity contribution in [1.29, 1.82) is 0 Å². The maximum absolute atomic E-state index is 13.0. The summed E-state index contributed by atoms with van der Waals surface area (Å²) in [5.74, 6) is 0.625. The summed E-state index contributed by atoms with van der Waals surface area (Å²) in [4.78, 5) is 15.6. The van der Waals surface area contributed by atoms with E-state index < -0.39 is 0 Å². The molecule has 2 unspecified atom stereocenters.